The molecule has 1 aromatic carbocycles. The summed E-state index contributed by atoms with van der Waals surface area (Å²) in [5, 5.41) is 6.53. The molecule has 6 heteroatoms. The fourth-order valence-corrected chi connectivity index (χ4v) is 2.70. The zero-order valence-electron chi connectivity index (χ0n) is 13.4. The monoisotopic (exact) mass is 315 g/mol. The van der Waals surface area contributed by atoms with E-state index in [1.54, 1.807) is 6.07 Å². The smallest absolute Gasteiger partial charge is 0.243 e. The van der Waals surface area contributed by atoms with Gasteiger partial charge in [-0.1, -0.05) is 35.5 Å². The molecular weight excluding hydrogens is 294 g/mol. The van der Waals surface area contributed by atoms with E-state index in [9.17, 15) is 4.79 Å². The third kappa shape index (κ3) is 3.78. The van der Waals surface area contributed by atoms with Crippen LogP contribution >= 0.6 is 0 Å². The van der Waals surface area contributed by atoms with Gasteiger partial charge in [0, 0.05) is 19.2 Å². The van der Waals surface area contributed by atoms with E-state index < -0.39 is 0 Å². The Morgan fingerprint density at radius 2 is 2.17 bits per heavy atom. The molecule has 1 aromatic heterocycles. The van der Waals surface area contributed by atoms with Crippen LogP contribution in [-0.4, -0.2) is 41.7 Å². The number of aryl methyl sites for hydroxylation is 1. The molecule has 0 bridgehead atoms. The van der Waals surface area contributed by atoms with Crippen molar-refractivity contribution in [3.63, 3.8) is 0 Å². The molecule has 122 valence electrons. The van der Waals surface area contributed by atoms with E-state index in [0.29, 0.717) is 19.0 Å². The van der Waals surface area contributed by atoms with Crippen molar-refractivity contribution in [2.45, 2.75) is 26.0 Å². The van der Waals surface area contributed by atoms with Crippen LogP contribution in [0.1, 0.15) is 24.3 Å². The average Bonchev–Trinajstić information content (AvgIpc) is 3.00. The molecule has 3 rings (SSSR count). The highest BCUT2D eigenvalue weighted by Crippen LogP contribution is 2.23. The third-order valence-electron chi connectivity index (χ3n) is 4.07. The Bertz CT molecular complexity index is 656. The fraction of sp³-hybridized carbons (Fsp3) is 0.412. The minimum absolute atomic E-state index is 0.00674. The molecule has 0 radical (unpaired) electrons. The van der Waals surface area contributed by atoms with Gasteiger partial charge in [0.05, 0.1) is 24.4 Å². The minimum Gasteiger partial charge on any atom is -0.371 e. The van der Waals surface area contributed by atoms with Gasteiger partial charge in [0.15, 0.2) is 0 Å². The number of ether oxygens (including phenoxy) is 1. The van der Waals surface area contributed by atoms with Crippen LogP contribution < -0.4 is 5.32 Å². The van der Waals surface area contributed by atoms with Crippen LogP contribution in [-0.2, 0) is 9.53 Å². The van der Waals surface area contributed by atoms with Crippen LogP contribution in [0.2, 0.25) is 0 Å². The van der Waals surface area contributed by atoms with Crippen molar-refractivity contribution in [1.29, 1.82) is 0 Å². The Labute approximate surface area is 135 Å². The fourth-order valence-electron chi connectivity index (χ4n) is 2.70. The summed E-state index contributed by atoms with van der Waals surface area (Å²) in [5.74, 6) is 0.280. The van der Waals surface area contributed by atoms with Crippen molar-refractivity contribution >= 4 is 11.8 Å². The van der Waals surface area contributed by atoms with E-state index >= 15 is 0 Å². The highest BCUT2D eigenvalue weighted by atomic mass is 16.5. The molecule has 1 saturated heterocycles. The summed E-state index contributed by atoms with van der Waals surface area (Å²) in [4.78, 5) is 14.5. The highest BCUT2D eigenvalue weighted by Gasteiger charge is 2.29. The number of carbonyl (C=O) groups excluding carboxylic acids is 1. The second kappa shape index (κ2) is 6.93. The van der Waals surface area contributed by atoms with Crippen LogP contribution in [0.3, 0.4) is 0 Å². The predicted molar refractivity (Wildman–Crippen MR) is 86.0 cm³/mol. The Balaban J connectivity index is 1.62. The van der Waals surface area contributed by atoms with Crippen molar-refractivity contribution < 1.29 is 14.1 Å². The van der Waals surface area contributed by atoms with Crippen LogP contribution in [0.4, 0.5) is 5.88 Å². The molecule has 2 aromatic rings. The van der Waals surface area contributed by atoms with Crippen LogP contribution in [0, 0.1) is 6.92 Å². The maximum absolute atomic E-state index is 12.4. The normalized spacial score (nSPS) is 20.2. The van der Waals surface area contributed by atoms with Crippen molar-refractivity contribution in [3.05, 3.63) is 47.7 Å². The summed E-state index contributed by atoms with van der Waals surface area (Å²) < 4.78 is 10.9. The zero-order chi connectivity index (χ0) is 16.2. The molecule has 0 spiro atoms. The molecule has 1 aliphatic heterocycles. The van der Waals surface area contributed by atoms with Crippen molar-refractivity contribution in [1.82, 2.24) is 10.1 Å². The Morgan fingerprint density at radius 3 is 2.87 bits per heavy atom. The van der Waals surface area contributed by atoms with Gasteiger partial charge in [0.25, 0.3) is 0 Å². The lowest BCUT2D eigenvalue weighted by atomic mass is 10.1. The third-order valence-corrected chi connectivity index (χ3v) is 4.07. The second-order valence-electron chi connectivity index (χ2n) is 5.76. The number of benzene rings is 1. The van der Waals surface area contributed by atoms with Gasteiger partial charge in [0.2, 0.25) is 11.8 Å². The van der Waals surface area contributed by atoms with Crippen molar-refractivity contribution in [3.8, 4) is 0 Å². The summed E-state index contributed by atoms with van der Waals surface area (Å²) in [7, 11) is 0. The second-order valence-corrected chi connectivity index (χ2v) is 5.76. The standard InChI is InChI=1S/C17H21N3O3/c1-12-10-16(23-19-12)18-17(21)13(2)20-8-9-22-15(11-20)14-6-4-3-5-7-14/h3-7,10,13,15H,8-9,11H2,1-2H3,(H,18,21). The number of aromatic nitrogens is 1. The lowest BCUT2D eigenvalue weighted by Crippen LogP contribution is -2.48. The van der Waals surface area contributed by atoms with E-state index in [2.05, 4.69) is 27.5 Å². The number of hydrogen-bond donors (Lipinski definition) is 1. The molecule has 23 heavy (non-hydrogen) atoms. The molecule has 1 amide bonds. The van der Waals surface area contributed by atoms with Gasteiger partial charge in [-0.3, -0.25) is 15.0 Å². The quantitative estimate of drug-likeness (QED) is 0.938. The number of rotatable bonds is 4. The first-order valence-electron chi connectivity index (χ1n) is 7.78. The number of carbonyl (C=O) groups is 1. The Hall–Kier alpha value is -2.18. The molecule has 2 unspecified atom stereocenters. The van der Waals surface area contributed by atoms with Gasteiger partial charge < -0.3 is 9.26 Å². The van der Waals surface area contributed by atoms with E-state index in [4.69, 9.17) is 9.26 Å². The molecule has 2 atom stereocenters. The molecule has 1 N–H and O–H groups in total. The summed E-state index contributed by atoms with van der Waals surface area (Å²) in [6.07, 6.45) is -0.00674. The largest absolute Gasteiger partial charge is 0.371 e. The Kier molecular flexibility index (Phi) is 4.73. The van der Waals surface area contributed by atoms with Crippen LogP contribution in [0.5, 0.6) is 0 Å². The topological polar surface area (TPSA) is 67.6 Å². The maximum atomic E-state index is 12.4. The van der Waals surface area contributed by atoms with Gasteiger partial charge in [-0.2, -0.15) is 0 Å². The summed E-state index contributed by atoms with van der Waals surface area (Å²) in [6, 6.07) is 11.5. The molecule has 0 aliphatic carbocycles. The maximum Gasteiger partial charge on any atom is 0.243 e. The molecule has 6 nitrogen and oxygen atoms in total. The first-order chi connectivity index (χ1) is 11.1. The van der Waals surface area contributed by atoms with E-state index in [0.717, 1.165) is 17.8 Å². The van der Waals surface area contributed by atoms with Gasteiger partial charge in [-0.05, 0) is 19.4 Å². The molecule has 1 aliphatic rings. The molecule has 1 fully saturated rings. The van der Waals surface area contributed by atoms with Gasteiger partial charge in [-0.25, -0.2) is 0 Å². The number of nitrogens with zero attached hydrogens (tertiary/aromatic N) is 2. The van der Waals surface area contributed by atoms with Crippen molar-refractivity contribution in [2.75, 3.05) is 25.0 Å². The summed E-state index contributed by atoms with van der Waals surface area (Å²) in [5.41, 5.74) is 1.87. The number of nitrogens with one attached hydrogen (secondary N) is 1. The van der Waals surface area contributed by atoms with Crippen LogP contribution in [0.15, 0.2) is 40.9 Å². The first kappa shape index (κ1) is 15.7. The summed E-state index contributed by atoms with van der Waals surface area (Å²) in [6.45, 7) is 5.74. The summed E-state index contributed by atoms with van der Waals surface area (Å²) >= 11 is 0. The lowest BCUT2D eigenvalue weighted by Gasteiger charge is -2.36. The van der Waals surface area contributed by atoms with Gasteiger partial charge >= 0.3 is 0 Å². The average molecular weight is 315 g/mol. The number of anilines is 1. The van der Waals surface area contributed by atoms with Gasteiger partial charge in [0.1, 0.15) is 0 Å². The van der Waals surface area contributed by atoms with E-state index in [1.807, 2.05) is 32.0 Å². The SMILES string of the molecule is Cc1cc(NC(=O)C(C)N2CCOC(c3ccccc3)C2)on1. The van der Waals surface area contributed by atoms with Gasteiger partial charge in [-0.15, -0.1) is 0 Å². The van der Waals surface area contributed by atoms with Crippen molar-refractivity contribution in [2.24, 2.45) is 0 Å². The predicted octanol–water partition coefficient (Wildman–Crippen LogP) is 2.38. The number of hydrogen-bond acceptors (Lipinski definition) is 5. The highest BCUT2D eigenvalue weighted by molar-refractivity contribution is 5.93. The first-order valence-corrected chi connectivity index (χ1v) is 7.78. The Morgan fingerprint density at radius 1 is 1.39 bits per heavy atom. The van der Waals surface area contributed by atoms with Crippen LogP contribution in [0.25, 0.3) is 0 Å². The number of morpholine rings is 1. The molecule has 2 heterocycles. The minimum atomic E-state index is -0.268. The molecule has 0 saturated carbocycles. The lowest BCUT2D eigenvalue weighted by molar-refractivity contribution is -0.124. The zero-order valence-corrected chi connectivity index (χ0v) is 13.4. The number of amides is 1. The molecular formula is C17H21N3O3. The van der Waals surface area contributed by atoms with E-state index in [-0.39, 0.29) is 18.1 Å². The van der Waals surface area contributed by atoms with E-state index in [1.165, 1.54) is 0 Å².